The highest BCUT2D eigenvalue weighted by atomic mass is 32.1. The molecule has 35 nitrogen and oxygen atoms in total. The normalized spacial score (nSPS) is 14.2. The fourth-order valence-electron chi connectivity index (χ4n) is 13.3. The largest absolute Gasteiger partial charge is 0.490 e. The number of aromatic nitrogens is 4. The third-order valence-electron chi connectivity index (χ3n) is 19.9. The van der Waals surface area contributed by atoms with Gasteiger partial charge in [0.1, 0.15) is 54.4 Å². The van der Waals surface area contributed by atoms with Crippen LogP contribution in [0.25, 0.3) is 43.6 Å². The number of amides is 10. The number of halogens is 3. The Morgan fingerprint density at radius 3 is 0.992 bits per heavy atom. The number of guanidine groups is 2. The molecule has 0 fully saturated rings. The van der Waals surface area contributed by atoms with Gasteiger partial charge in [-0.15, -0.1) is 0 Å². The number of rotatable bonds is 46. The van der Waals surface area contributed by atoms with Crippen LogP contribution in [0.2, 0.25) is 0 Å². The number of carboxylic acids is 1. The molecule has 0 aliphatic rings. The van der Waals surface area contributed by atoms with Gasteiger partial charge < -0.3 is 118 Å². The van der Waals surface area contributed by atoms with Gasteiger partial charge in [-0.2, -0.15) is 25.8 Å². The highest BCUT2D eigenvalue weighted by molar-refractivity contribution is 7.80. The van der Waals surface area contributed by atoms with E-state index in [1.807, 2.05) is 91.0 Å². The summed E-state index contributed by atoms with van der Waals surface area (Å²) < 4.78 is 31.7. The van der Waals surface area contributed by atoms with Crippen molar-refractivity contribution < 1.29 is 71.0 Å². The molecule has 8 aromatic rings. The quantitative estimate of drug-likeness (QED) is 0.0111. The number of aliphatic carboxylic acids is 1. The highest BCUT2D eigenvalue weighted by Gasteiger charge is 2.40. The molecular weight excluding hydrogens is 1550 g/mol. The number of para-hydroxylation sites is 4. The Bertz CT molecular complexity index is 4760. The number of aromatic amines is 4. The summed E-state index contributed by atoms with van der Waals surface area (Å²) in [5.41, 5.74) is 40.4. The molecule has 8 rings (SSSR count). The van der Waals surface area contributed by atoms with Crippen LogP contribution in [0.15, 0.2) is 122 Å². The average molecular weight is 1660 g/mol. The molecule has 30 N–H and O–H groups in total. The van der Waals surface area contributed by atoms with E-state index in [1.54, 1.807) is 44.7 Å². The number of thiol groups is 1. The zero-order valence-electron chi connectivity index (χ0n) is 65.5. The van der Waals surface area contributed by atoms with Crippen LogP contribution >= 0.6 is 12.6 Å². The summed E-state index contributed by atoms with van der Waals surface area (Å²) >= 11 is 4.15. The summed E-state index contributed by atoms with van der Waals surface area (Å²) in [6.45, 7) is 4.29. The first kappa shape index (κ1) is 92.9. The van der Waals surface area contributed by atoms with Gasteiger partial charge in [0.2, 0.25) is 59.1 Å². The van der Waals surface area contributed by atoms with E-state index in [0.717, 1.165) is 21.8 Å². The summed E-state index contributed by atoms with van der Waals surface area (Å²) in [5, 5.41) is 56.4. The zero-order chi connectivity index (χ0) is 86.2. The van der Waals surface area contributed by atoms with Gasteiger partial charge in [0.05, 0.1) is 6.04 Å². The van der Waals surface area contributed by atoms with Crippen molar-refractivity contribution >= 4 is 133 Å². The Balaban J connectivity index is 0.00000262. The smallest absolute Gasteiger partial charge is 0.475 e. The SMILES string of the molecule is CC[C@H](C)[C@H](NC(=O)[C@H](Cc1c[nH]c2ccccc12)NC(=O)[C@H](CCCCN)NC(=O)[C@H](Cc1c[nH]c2ccccc12)NC(=O)[C@H](Cc1c[nH]c2ccccc12)NC(=O)[C@H](CCCNC(=N)N)NC(=O)[C@H](CCCCN)NC(=O)[C@@H](N)CS)C(=O)N[C@@H](CCCNC(=N)N)C(=O)N[C@@H](Cc1c[nH]c2ccccc12)C(N)=O.O=C(O)C(F)(F)F. The predicted octanol–water partition coefficient (Wildman–Crippen LogP) is 1.45. The topological polar surface area (TPSA) is 607 Å². The minimum Gasteiger partial charge on any atom is -0.475 e. The second-order valence-electron chi connectivity index (χ2n) is 28.6. The molecule has 0 bridgehead atoms. The Hall–Kier alpha value is -12.2. The van der Waals surface area contributed by atoms with Crippen LogP contribution in [-0.2, 0) is 78.4 Å². The van der Waals surface area contributed by atoms with Crippen molar-refractivity contribution in [1.29, 1.82) is 10.8 Å². The van der Waals surface area contributed by atoms with Gasteiger partial charge in [-0.1, -0.05) is 93.1 Å². The molecule has 10 amide bonds. The maximum Gasteiger partial charge on any atom is 0.490 e. The minimum absolute atomic E-state index is 0.00913. The molecule has 0 saturated heterocycles. The first-order valence-electron chi connectivity index (χ1n) is 38.8. The lowest BCUT2D eigenvalue weighted by molar-refractivity contribution is -0.192. The number of nitrogens with two attached hydrogens (primary N) is 6. The third-order valence-corrected chi connectivity index (χ3v) is 20.3. The second kappa shape index (κ2) is 45.9. The van der Waals surface area contributed by atoms with Gasteiger partial charge >= 0.3 is 12.1 Å². The highest BCUT2D eigenvalue weighted by Crippen LogP contribution is 2.25. The molecule has 0 unspecified atom stereocenters. The van der Waals surface area contributed by atoms with Crippen molar-refractivity contribution in [3.8, 4) is 0 Å². The van der Waals surface area contributed by atoms with E-state index >= 15 is 24.0 Å². The van der Waals surface area contributed by atoms with Gasteiger partial charge in [-0.05, 0) is 130 Å². The van der Waals surface area contributed by atoms with Crippen LogP contribution in [0.4, 0.5) is 13.2 Å². The van der Waals surface area contributed by atoms with Crippen LogP contribution in [0.1, 0.15) is 107 Å². The maximum atomic E-state index is 15.6. The van der Waals surface area contributed by atoms with Crippen molar-refractivity contribution in [1.82, 2.24) is 78.4 Å². The standard InChI is InChI=1S/C77H107N23O10S.C2HF3O2/c1-3-43(2)65(75(110)95-60(29-17-33-87-77(84)85)69(104)96-61(66(81)101)34-44-38-88-53-22-8-4-18-48(44)53)100-74(109)64(37-47-41-91-56-25-11-7-21-51(47)56)98-70(105)58(27-13-15-31-79)94-72(107)62(35-45-39-89-54-23-9-5-19-49(45)54)99-73(108)63(36-46-40-90-55-24-10-6-20-50(46)55)97-71(106)59(28-16-32-86-76(82)83)93-68(103)57(26-12-14-30-78)92-67(102)52(80)42-111;3-2(4,5)1(6)7/h4-11,18-25,38-41,43,52,57-65,88-91,111H,3,12-17,26-37,42,78-80H2,1-2H3,(H2,81,101)(H,92,102)(H,93,103)(H,94,107)(H,95,110)(H,96,104)(H,97,106)(H,98,105)(H,99,108)(H,100,109)(H4,82,83,86)(H4,84,85,87);(H,6,7)/t43-,52-,57-,58-,59-,60-,61-,62-,63-,64-,65-;/m0./s1. The van der Waals surface area contributed by atoms with Crippen molar-refractivity contribution in [3.05, 3.63) is 144 Å². The van der Waals surface area contributed by atoms with E-state index in [4.69, 9.17) is 55.1 Å². The molecule has 0 aliphatic heterocycles. The van der Waals surface area contributed by atoms with E-state index in [2.05, 4.69) is 91.0 Å². The molecule has 4 aromatic heterocycles. The number of hydrogen-bond acceptors (Lipinski definition) is 17. The third kappa shape index (κ3) is 28.0. The van der Waals surface area contributed by atoms with Gasteiger partial charge in [-0.25, -0.2) is 4.79 Å². The van der Waals surface area contributed by atoms with E-state index in [1.165, 1.54) is 0 Å². The number of carbonyl (C=O) groups excluding carboxylic acids is 10. The number of hydrogen-bond donors (Lipinski definition) is 25. The number of unbranched alkanes of at least 4 members (excludes halogenated alkanes) is 2. The minimum atomic E-state index is -5.08. The lowest BCUT2D eigenvalue weighted by Crippen LogP contribution is -2.61. The number of primary amides is 1. The number of benzene rings is 4. The fraction of sp³-hybridized carbons (Fsp3) is 0.430. The Morgan fingerprint density at radius 2 is 0.695 bits per heavy atom. The second-order valence-corrected chi connectivity index (χ2v) is 29.0. The molecular formula is C79H108F3N23O12S. The lowest BCUT2D eigenvalue weighted by atomic mass is 9.96. The molecule has 0 aliphatic carbocycles. The molecule has 118 heavy (non-hydrogen) atoms. The number of carboxylic acid groups (broad SMARTS) is 1. The first-order valence-corrected chi connectivity index (χ1v) is 39.4. The van der Waals surface area contributed by atoms with Gasteiger partial charge in [0.15, 0.2) is 11.9 Å². The summed E-state index contributed by atoms with van der Waals surface area (Å²) in [4.78, 5) is 169. The number of alkyl halides is 3. The zero-order valence-corrected chi connectivity index (χ0v) is 66.4. The van der Waals surface area contributed by atoms with Crippen LogP contribution in [0, 0.1) is 16.7 Å². The molecule has 638 valence electrons. The Labute approximate surface area is 683 Å². The predicted molar refractivity (Wildman–Crippen MR) is 444 cm³/mol. The fourth-order valence-corrected chi connectivity index (χ4v) is 13.4. The summed E-state index contributed by atoms with van der Waals surface area (Å²) in [6, 6.07) is 15.9. The summed E-state index contributed by atoms with van der Waals surface area (Å²) in [7, 11) is 0. The van der Waals surface area contributed by atoms with E-state index in [0.29, 0.717) is 76.3 Å². The molecule has 4 aromatic carbocycles. The Kier molecular flexibility index (Phi) is 36.2. The monoisotopic (exact) mass is 1660 g/mol. The van der Waals surface area contributed by atoms with Gasteiger partial charge in [0.25, 0.3) is 0 Å². The summed E-state index contributed by atoms with van der Waals surface area (Å²) in [5.74, 6) is -11.9. The van der Waals surface area contributed by atoms with Crippen molar-refractivity contribution in [2.75, 3.05) is 31.9 Å². The summed E-state index contributed by atoms with van der Waals surface area (Å²) in [6.07, 6.45) is 3.56. The molecule has 4 heterocycles. The molecule has 11 atom stereocenters. The molecule has 0 spiro atoms. The van der Waals surface area contributed by atoms with Crippen molar-refractivity contribution in [3.63, 3.8) is 0 Å². The van der Waals surface area contributed by atoms with E-state index < -0.39 is 138 Å². The Morgan fingerprint density at radius 1 is 0.424 bits per heavy atom. The number of H-pyrrole nitrogens is 4. The molecule has 0 radical (unpaired) electrons. The molecule has 0 saturated carbocycles. The van der Waals surface area contributed by atoms with Crippen LogP contribution in [0.3, 0.4) is 0 Å². The number of nitrogens with one attached hydrogen (secondary N) is 17. The first-order chi connectivity index (χ1) is 56.3. The van der Waals surface area contributed by atoms with Gasteiger partial charge in [-0.3, -0.25) is 58.8 Å². The van der Waals surface area contributed by atoms with Gasteiger partial charge in [0, 0.05) is 113 Å². The van der Waals surface area contributed by atoms with Crippen LogP contribution < -0.4 is 92.9 Å². The maximum absolute atomic E-state index is 15.6. The number of carbonyl (C=O) groups is 11. The van der Waals surface area contributed by atoms with Crippen LogP contribution in [-0.4, -0.2) is 201 Å². The lowest BCUT2D eigenvalue weighted by Gasteiger charge is -2.30. The number of fused-ring (bicyclic) bond motifs is 4. The molecule has 39 heteroatoms. The van der Waals surface area contributed by atoms with Crippen LogP contribution in [0.5, 0.6) is 0 Å². The van der Waals surface area contributed by atoms with Crippen molar-refractivity contribution in [2.24, 2.45) is 40.3 Å². The van der Waals surface area contributed by atoms with Crippen molar-refractivity contribution in [2.45, 2.75) is 177 Å². The van der Waals surface area contributed by atoms with E-state index in [-0.39, 0.29) is 108 Å². The average Bonchev–Trinajstić information content (AvgIpc) is 1.65. The van der Waals surface area contributed by atoms with E-state index in [9.17, 15) is 37.1 Å².